The Morgan fingerprint density at radius 3 is 2.46 bits per heavy atom. The molecule has 0 saturated heterocycles. The molecule has 2 aromatic heterocycles. The van der Waals surface area contributed by atoms with E-state index in [1.165, 1.54) is 30.4 Å². The van der Waals surface area contributed by atoms with E-state index in [-0.39, 0.29) is 0 Å². The number of anilines is 1. The van der Waals surface area contributed by atoms with Crippen LogP contribution in [0.3, 0.4) is 0 Å². The average molecular weight is 340 g/mol. The van der Waals surface area contributed by atoms with Crippen molar-refractivity contribution in [2.45, 2.75) is 25.2 Å². The minimum absolute atomic E-state index is 0.523. The van der Waals surface area contributed by atoms with E-state index in [0.717, 1.165) is 22.6 Å². The van der Waals surface area contributed by atoms with Crippen molar-refractivity contribution in [1.29, 1.82) is 0 Å². The molecule has 4 heteroatoms. The van der Waals surface area contributed by atoms with Gasteiger partial charge >= 0.3 is 0 Å². The summed E-state index contributed by atoms with van der Waals surface area (Å²) in [5, 5.41) is 0. The van der Waals surface area contributed by atoms with Gasteiger partial charge in [0.2, 0.25) is 0 Å². The van der Waals surface area contributed by atoms with Gasteiger partial charge in [0.15, 0.2) is 0 Å². The highest BCUT2D eigenvalue weighted by Gasteiger charge is 2.26. The van der Waals surface area contributed by atoms with E-state index < -0.39 is 0 Å². The van der Waals surface area contributed by atoms with Crippen molar-refractivity contribution in [3.8, 4) is 22.4 Å². The molecule has 0 atom stereocenters. The van der Waals surface area contributed by atoms with Crippen LogP contribution in [0.2, 0.25) is 0 Å². The molecule has 0 amide bonds. The van der Waals surface area contributed by atoms with Crippen LogP contribution in [0.1, 0.15) is 31.0 Å². The molecule has 0 bridgehead atoms. The van der Waals surface area contributed by atoms with Gasteiger partial charge in [0.05, 0.1) is 0 Å². The Labute approximate surface area is 152 Å². The number of nitrogens with zero attached hydrogens (tertiary/aromatic N) is 3. The van der Waals surface area contributed by atoms with E-state index in [1.54, 1.807) is 6.20 Å². The second-order valence-corrected chi connectivity index (χ2v) is 6.92. The van der Waals surface area contributed by atoms with Crippen molar-refractivity contribution in [2.75, 3.05) is 5.73 Å². The molecule has 2 N–H and O–H groups in total. The number of aromatic nitrogens is 3. The normalized spacial score (nSPS) is 14.5. The Hall–Kier alpha value is -3.14. The predicted molar refractivity (Wildman–Crippen MR) is 105 cm³/mol. The van der Waals surface area contributed by atoms with Crippen LogP contribution in [0.25, 0.3) is 27.9 Å². The molecule has 1 fully saturated rings. The van der Waals surface area contributed by atoms with Gasteiger partial charge in [-0.25, -0.2) is 9.97 Å². The zero-order valence-electron chi connectivity index (χ0n) is 14.5. The maximum atomic E-state index is 6.24. The lowest BCUT2D eigenvalue weighted by Gasteiger charge is -2.23. The van der Waals surface area contributed by atoms with Crippen molar-refractivity contribution >= 4 is 11.3 Å². The fourth-order valence-electron chi connectivity index (χ4n) is 3.72. The third-order valence-electron chi connectivity index (χ3n) is 5.32. The molecule has 2 heterocycles. The summed E-state index contributed by atoms with van der Waals surface area (Å²) in [6.07, 6.45) is 7.42. The SMILES string of the molecule is Nc1nccn2c(C3CCC3)nc(-c3cccc(-c4ccccc4)c3)c12. The second-order valence-electron chi connectivity index (χ2n) is 6.92. The van der Waals surface area contributed by atoms with E-state index in [9.17, 15) is 0 Å². The molecule has 26 heavy (non-hydrogen) atoms. The first-order valence-electron chi connectivity index (χ1n) is 9.09. The fraction of sp³-hybridized carbons (Fsp3) is 0.182. The summed E-state index contributed by atoms with van der Waals surface area (Å²) in [5.41, 5.74) is 11.5. The quantitative estimate of drug-likeness (QED) is 0.576. The molecule has 4 nitrogen and oxygen atoms in total. The lowest BCUT2D eigenvalue weighted by Crippen LogP contribution is -2.12. The Kier molecular flexibility index (Phi) is 3.49. The molecule has 0 radical (unpaired) electrons. The molecule has 2 aromatic carbocycles. The van der Waals surface area contributed by atoms with E-state index in [4.69, 9.17) is 10.7 Å². The Morgan fingerprint density at radius 1 is 0.923 bits per heavy atom. The molecule has 0 unspecified atom stereocenters. The van der Waals surface area contributed by atoms with Gasteiger partial charge in [-0.05, 0) is 30.0 Å². The van der Waals surface area contributed by atoms with Crippen LogP contribution >= 0.6 is 0 Å². The lowest BCUT2D eigenvalue weighted by atomic mass is 9.85. The summed E-state index contributed by atoms with van der Waals surface area (Å²) in [6, 6.07) is 18.9. The zero-order valence-corrected chi connectivity index (χ0v) is 14.5. The van der Waals surface area contributed by atoms with Crippen molar-refractivity contribution in [1.82, 2.24) is 14.4 Å². The number of hydrogen-bond donors (Lipinski definition) is 1. The molecule has 0 spiro atoms. The Bertz CT molecular complexity index is 1080. The van der Waals surface area contributed by atoms with Gasteiger partial charge in [-0.15, -0.1) is 0 Å². The Balaban J connectivity index is 1.70. The number of hydrogen-bond acceptors (Lipinski definition) is 3. The summed E-state index contributed by atoms with van der Waals surface area (Å²) in [5.74, 6) is 2.17. The van der Waals surface area contributed by atoms with Gasteiger partial charge < -0.3 is 5.73 Å². The molecule has 0 aliphatic heterocycles. The van der Waals surface area contributed by atoms with E-state index in [2.05, 4.69) is 57.9 Å². The molecule has 5 rings (SSSR count). The van der Waals surface area contributed by atoms with Crippen molar-refractivity contribution in [3.63, 3.8) is 0 Å². The second kappa shape index (κ2) is 5.99. The van der Waals surface area contributed by atoms with E-state index in [0.29, 0.717) is 11.7 Å². The molecule has 4 aromatic rings. The van der Waals surface area contributed by atoms with Crippen LogP contribution in [-0.2, 0) is 0 Å². The number of fused-ring (bicyclic) bond motifs is 1. The monoisotopic (exact) mass is 340 g/mol. The van der Waals surface area contributed by atoms with Crippen LogP contribution in [0.4, 0.5) is 5.82 Å². The first-order valence-corrected chi connectivity index (χ1v) is 9.09. The van der Waals surface area contributed by atoms with Gasteiger partial charge in [0.25, 0.3) is 0 Å². The van der Waals surface area contributed by atoms with Crippen LogP contribution in [-0.4, -0.2) is 14.4 Å². The minimum atomic E-state index is 0.523. The van der Waals surface area contributed by atoms with Crippen molar-refractivity contribution in [3.05, 3.63) is 72.8 Å². The third-order valence-corrected chi connectivity index (χ3v) is 5.32. The third kappa shape index (κ3) is 2.37. The molecule has 1 saturated carbocycles. The number of nitrogen functional groups attached to an aromatic ring is 1. The number of imidazole rings is 1. The first kappa shape index (κ1) is 15.1. The summed E-state index contributed by atoms with van der Waals surface area (Å²) >= 11 is 0. The molecule has 1 aliphatic rings. The lowest BCUT2D eigenvalue weighted by molar-refractivity contribution is 0.400. The highest BCUT2D eigenvalue weighted by atomic mass is 15.1. The summed E-state index contributed by atoms with van der Waals surface area (Å²) < 4.78 is 2.14. The van der Waals surface area contributed by atoms with Crippen molar-refractivity contribution in [2.24, 2.45) is 0 Å². The standard InChI is InChI=1S/C22H20N4/c23-21-20-19(25-22(16-8-4-9-16)26(20)13-12-24-21)18-11-5-10-17(14-18)15-6-2-1-3-7-15/h1-3,5-7,10-14,16H,4,8-9H2,(H2,23,24). The zero-order chi connectivity index (χ0) is 17.5. The van der Waals surface area contributed by atoms with Crippen molar-refractivity contribution < 1.29 is 0 Å². The highest BCUT2D eigenvalue weighted by molar-refractivity contribution is 5.87. The van der Waals surface area contributed by atoms with Gasteiger partial charge in [-0.2, -0.15) is 0 Å². The highest BCUT2D eigenvalue weighted by Crippen LogP contribution is 2.39. The van der Waals surface area contributed by atoms with Crippen LogP contribution in [0, 0.1) is 0 Å². The topological polar surface area (TPSA) is 56.2 Å². The van der Waals surface area contributed by atoms with Gasteiger partial charge in [-0.1, -0.05) is 55.0 Å². The van der Waals surface area contributed by atoms with Crippen LogP contribution in [0.15, 0.2) is 67.0 Å². The van der Waals surface area contributed by atoms with Gasteiger partial charge in [0.1, 0.15) is 22.9 Å². The summed E-state index contributed by atoms with van der Waals surface area (Å²) in [7, 11) is 0. The Morgan fingerprint density at radius 2 is 1.69 bits per heavy atom. The van der Waals surface area contributed by atoms with Crippen LogP contribution < -0.4 is 5.73 Å². The molecule has 1 aliphatic carbocycles. The van der Waals surface area contributed by atoms with E-state index >= 15 is 0 Å². The maximum Gasteiger partial charge on any atom is 0.150 e. The minimum Gasteiger partial charge on any atom is -0.382 e. The number of benzene rings is 2. The van der Waals surface area contributed by atoms with Crippen LogP contribution in [0.5, 0.6) is 0 Å². The van der Waals surface area contributed by atoms with Gasteiger partial charge in [0, 0.05) is 23.9 Å². The summed E-state index contributed by atoms with van der Waals surface area (Å²) in [6.45, 7) is 0. The average Bonchev–Trinajstić information content (AvgIpc) is 3.02. The molecular weight excluding hydrogens is 320 g/mol. The molecular formula is C22H20N4. The van der Waals surface area contributed by atoms with Gasteiger partial charge in [-0.3, -0.25) is 4.40 Å². The number of rotatable bonds is 3. The largest absolute Gasteiger partial charge is 0.382 e. The van der Waals surface area contributed by atoms with E-state index in [1.807, 2.05) is 12.3 Å². The first-order chi connectivity index (χ1) is 12.8. The fourth-order valence-corrected chi connectivity index (χ4v) is 3.72. The molecule has 128 valence electrons. The maximum absolute atomic E-state index is 6.24. The smallest absolute Gasteiger partial charge is 0.150 e. The predicted octanol–water partition coefficient (Wildman–Crippen LogP) is 4.91. The number of nitrogens with two attached hydrogens (primary N) is 1. The summed E-state index contributed by atoms with van der Waals surface area (Å²) in [4.78, 5) is 9.33.